The SMILES string of the molecule is CCC1(CCN)CN(C(=O)[C@@H](CCCCN)NC(=O)[C@@H](CC(C)C)NC(=O)[C@@H](Cc2ccccc2)NC(=O)[C@H](N)Cc2ccccc2)C1. The molecular formula is C37H57N7O4. The Bertz CT molecular complexity index is 1300. The average Bonchev–Trinajstić information content (AvgIpc) is 3.05. The molecule has 0 saturated carbocycles. The van der Waals surface area contributed by atoms with Crippen LogP contribution in [0.4, 0.5) is 0 Å². The molecule has 1 aliphatic rings. The number of hydrogen-bond donors (Lipinski definition) is 6. The number of hydrogen-bond acceptors (Lipinski definition) is 7. The number of amides is 4. The zero-order chi connectivity index (χ0) is 35.1. The molecule has 0 bridgehead atoms. The molecule has 1 fully saturated rings. The predicted molar refractivity (Wildman–Crippen MR) is 189 cm³/mol. The lowest BCUT2D eigenvalue weighted by Crippen LogP contribution is -2.64. The van der Waals surface area contributed by atoms with Gasteiger partial charge in [-0.25, -0.2) is 0 Å². The summed E-state index contributed by atoms with van der Waals surface area (Å²) in [5.41, 5.74) is 19.6. The van der Waals surface area contributed by atoms with Gasteiger partial charge in [0.15, 0.2) is 0 Å². The Morgan fingerprint density at radius 3 is 1.83 bits per heavy atom. The highest BCUT2D eigenvalue weighted by Crippen LogP contribution is 2.37. The van der Waals surface area contributed by atoms with Crippen LogP contribution in [0.3, 0.4) is 0 Å². The first-order valence-corrected chi connectivity index (χ1v) is 17.4. The second-order valence-electron chi connectivity index (χ2n) is 13.7. The van der Waals surface area contributed by atoms with Gasteiger partial charge in [0.2, 0.25) is 23.6 Å². The topological polar surface area (TPSA) is 186 Å². The molecule has 48 heavy (non-hydrogen) atoms. The summed E-state index contributed by atoms with van der Waals surface area (Å²) < 4.78 is 0. The van der Waals surface area contributed by atoms with Gasteiger partial charge in [-0.15, -0.1) is 0 Å². The summed E-state index contributed by atoms with van der Waals surface area (Å²) in [6.45, 7) is 8.32. The van der Waals surface area contributed by atoms with Gasteiger partial charge in [0, 0.05) is 24.9 Å². The largest absolute Gasteiger partial charge is 0.343 e. The van der Waals surface area contributed by atoms with Crippen LogP contribution in [0.2, 0.25) is 0 Å². The molecule has 0 aliphatic carbocycles. The lowest BCUT2D eigenvalue weighted by atomic mass is 9.74. The molecule has 11 heteroatoms. The molecule has 0 radical (unpaired) electrons. The van der Waals surface area contributed by atoms with Crippen molar-refractivity contribution in [2.24, 2.45) is 28.5 Å². The van der Waals surface area contributed by atoms with Crippen molar-refractivity contribution in [1.29, 1.82) is 0 Å². The van der Waals surface area contributed by atoms with Crippen molar-refractivity contribution in [3.05, 3.63) is 71.8 Å². The van der Waals surface area contributed by atoms with Gasteiger partial charge >= 0.3 is 0 Å². The first-order chi connectivity index (χ1) is 23.0. The van der Waals surface area contributed by atoms with E-state index in [9.17, 15) is 19.2 Å². The molecular weight excluding hydrogens is 606 g/mol. The number of benzene rings is 2. The van der Waals surface area contributed by atoms with Crippen LogP contribution in [0.5, 0.6) is 0 Å². The van der Waals surface area contributed by atoms with Crippen molar-refractivity contribution in [3.8, 4) is 0 Å². The zero-order valence-electron chi connectivity index (χ0n) is 29.0. The summed E-state index contributed by atoms with van der Waals surface area (Å²) in [7, 11) is 0. The number of nitrogens with zero attached hydrogens (tertiary/aromatic N) is 1. The van der Waals surface area contributed by atoms with Gasteiger partial charge < -0.3 is 38.1 Å². The third-order valence-corrected chi connectivity index (χ3v) is 9.24. The number of nitrogens with one attached hydrogen (secondary N) is 3. The maximum Gasteiger partial charge on any atom is 0.245 e. The van der Waals surface area contributed by atoms with Crippen molar-refractivity contribution in [3.63, 3.8) is 0 Å². The van der Waals surface area contributed by atoms with E-state index in [0.717, 1.165) is 30.4 Å². The van der Waals surface area contributed by atoms with Gasteiger partial charge in [0.05, 0.1) is 6.04 Å². The molecule has 0 aromatic heterocycles. The maximum absolute atomic E-state index is 13.9. The van der Waals surface area contributed by atoms with Gasteiger partial charge in [-0.2, -0.15) is 0 Å². The molecule has 264 valence electrons. The van der Waals surface area contributed by atoms with E-state index in [4.69, 9.17) is 17.2 Å². The quantitative estimate of drug-likeness (QED) is 0.117. The summed E-state index contributed by atoms with van der Waals surface area (Å²) >= 11 is 0. The highest BCUT2D eigenvalue weighted by molar-refractivity contribution is 5.95. The molecule has 1 aliphatic heterocycles. The average molecular weight is 664 g/mol. The molecule has 3 rings (SSSR count). The van der Waals surface area contributed by atoms with Crippen molar-refractivity contribution in [2.45, 2.75) is 96.3 Å². The summed E-state index contributed by atoms with van der Waals surface area (Å²) in [6.07, 6.45) is 4.50. The Kier molecular flexibility index (Phi) is 15.5. The third kappa shape index (κ3) is 11.7. The van der Waals surface area contributed by atoms with E-state index in [1.54, 1.807) is 4.90 Å². The molecule has 4 amide bonds. The van der Waals surface area contributed by atoms with Crippen LogP contribution in [0, 0.1) is 11.3 Å². The van der Waals surface area contributed by atoms with Gasteiger partial charge in [-0.1, -0.05) is 81.4 Å². The molecule has 1 saturated heterocycles. The minimum Gasteiger partial charge on any atom is -0.343 e. The minimum atomic E-state index is -0.975. The molecule has 2 aromatic carbocycles. The van der Waals surface area contributed by atoms with Crippen LogP contribution in [-0.4, -0.2) is 78.9 Å². The van der Waals surface area contributed by atoms with E-state index >= 15 is 0 Å². The van der Waals surface area contributed by atoms with Crippen molar-refractivity contribution >= 4 is 23.6 Å². The number of unbranched alkanes of at least 4 members (excludes halogenated alkanes) is 1. The Morgan fingerprint density at radius 1 is 0.750 bits per heavy atom. The smallest absolute Gasteiger partial charge is 0.245 e. The number of likely N-dealkylation sites (tertiary alicyclic amines) is 1. The van der Waals surface area contributed by atoms with Gasteiger partial charge in [-0.3, -0.25) is 19.2 Å². The maximum atomic E-state index is 13.9. The van der Waals surface area contributed by atoms with Gasteiger partial charge in [-0.05, 0) is 75.1 Å². The first kappa shape index (κ1) is 38.6. The van der Waals surface area contributed by atoms with Crippen molar-refractivity contribution in [1.82, 2.24) is 20.9 Å². The highest BCUT2D eigenvalue weighted by Gasteiger charge is 2.45. The molecule has 2 aromatic rings. The highest BCUT2D eigenvalue weighted by atomic mass is 16.2. The lowest BCUT2D eigenvalue weighted by molar-refractivity contribution is -0.148. The van der Waals surface area contributed by atoms with E-state index in [2.05, 4.69) is 22.9 Å². The van der Waals surface area contributed by atoms with Gasteiger partial charge in [0.1, 0.15) is 18.1 Å². The van der Waals surface area contributed by atoms with E-state index in [1.807, 2.05) is 74.5 Å². The monoisotopic (exact) mass is 663 g/mol. The van der Waals surface area contributed by atoms with E-state index < -0.39 is 41.9 Å². The Hall–Kier alpha value is -3.80. The predicted octanol–water partition coefficient (Wildman–Crippen LogP) is 2.02. The molecule has 1 heterocycles. The Balaban J connectivity index is 1.76. The van der Waals surface area contributed by atoms with Crippen molar-refractivity contribution < 1.29 is 19.2 Å². The number of nitrogens with two attached hydrogens (primary N) is 3. The van der Waals surface area contributed by atoms with E-state index in [1.165, 1.54) is 0 Å². The van der Waals surface area contributed by atoms with E-state index in [-0.39, 0.29) is 23.7 Å². The fourth-order valence-electron chi connectivity index (χ4n) is 6.30. The van der Waals surface area contributed by atoms with Crippen LogP contribution in [-0.2, 0) is 32.0 Å². The number of rotatable bonds is 20. The Morgan fingerprint density at radius 2 is 1.29 bits per heavy atom. The van der Waals surface area contributed by atoms with Crippen LogP contribution in [0.15, 0.2) is 60.7 Å². The number of carbonyl (C=O) groups is 4. The summed E-state index contributed by atoms with van der Waals surface area (Å²) in [4.78, 5) is 56.4. The fraction of sp³-hybridized carbons (Fsp3) is 0.568. The second-order valence-corrected chi connectivity index (χ2v) is 13.7. The third-order valence-electron chi connectivity index (χ3n) is 9.24. The van der Waals surface area contributed by atoms with Crippen molar-refractivity contribution in [2.75, 3.05) is 26.2 Å². The van der Waals surface area contributed by atoms with Gasteiger partial charge in [0.25, 0.3) is 0 Å². The molecule has 0 spiro atoms. The number of carbonyl (C=O) groups excluding carboxylic acids is 4. The lowest BCUT2D eigenvalue weighted by Gasteiger charge is -2.51. The Labute approximate surface area is 286 Å². The second kappa shape index (κ2) is 19.3. The van der Waals surface area contributed by atoms with Crippen LogP contribution in [0.1, 0.15) is 70.4 Å². The minimum absolute atomic E-state index is 0.0201. The summed E-state index contributed by atoms with van der Waals surface area (Å²) in [5.74, 6) is -1.46. The summed E-state index contributed by atoms with van der Waals surface area (Å²) in [6, 6.07) is 15.3. The zero-order valence-corrected chi connectivity index (χ0v) is 29.0. The first-order valence-electron chi connectivity index (χ1n) is 17.4. The summed E-state index contributed by atoms with van der Waals surface area (Å²) in [5, 5.41) is 8.72. The van der Waals surface area contributed by atoms with E-state index in [0.29, 0.717) is 51.9 Å². The van der Waals surface area contributed by atoms with Crippen LogP contribution >= 0.6 is 0 Å². The molecule has 9 N–H and O–H groups in total. The molecule has 0 unspecified atom stereocenters. The van der Waals surface area contributed by atoms with Crippen LogP contribution in [0.25, 0.3) is 0 Å². The molecule has 11 nitrogen and oxygen atoms in total. The fourth-order valence-corrected chi connectivity index (χ4v) is 6.30. The van der Waals surface area contributed by atoms with Crippen LogP contribution < -0.4 is 33.2 Å². The standard InChI is InChI=1S/C37H57N7O4/c1-4-37(18-20-39)24-44(25-37)36(48)30(17-11-12-19-38)41-34(46)31(21-26(2)3)43-35(47)32(23-28-15-9-6-10-16-28)42-33(45)29(40)22-27-13-7-5-8-14-27/h5-10,13-16,26,29-32H,4,11-12,17-25,38-40H2,1-3H3,(H,41,46)(H,42,45)(H,43,47)/t29-,30-,31-,32-/m1/s1. The molecule has 4 atom stereocenters. The normalized spacial score (nSPS) is 16.3.